The first kappa shape index (κ1) is 17.2. The first-order valence-electron chi connectivity index (χ1n) is 8.50. The van der Waals surface area contributed by atoms with E-state index in [2.05, 4.69) is 10.3 Å². The lowest BCUT2D eigenvalue weighted by atomic mass is 10.2. The Hall–Kier alpha value is -1.60. The molecule has 130 valence electrons. The number of fused-ring (bicyclic) bond motifs is 1. The van der Waals surface area contributed by atoms with Crippen LogP contribution in [0.3, 0.4) is 0 Å². The van der Waals surface area contributed by atoms with Gasteiger partial charge in [0.2, 0.25) is 11.8 Å². The fraction of sp³-hybridized carbons (Fsp3) is 0.588. The first-order chi connectivity index (χ1) is 11.7. The van der Waals surface area contributed by atoms with E-state index in [1.807, 2.05) is 19.1 Å². The van der Waals surface area contributed by atoms with Crippen LogP contribution in [-0.2, 0) is 14.3 Å². The number of hydrogen-bond acceptors (Lipinski definition) is 5. The van der Waals surface area contributed by atoms with E-state index in [9.17, 15) is 9.59 Å². The van der Waals surface area contributed by atoms with Crippen molar-refractivity contribution in [1.82, 2.24) is 10.3 Å². The summed E-state index contributed by atoms with van der Waals surface area (Å²) in [6, 6.07) is 3.75. The number of amides is 2. The molecule has 2 aliphatic heterocycles. The predicted molar refractivity (Wildman–Crippen MR) is 93.1 cm³/mol. The highest BCUT2D eigenvalue weighted by atomic mass is 32.2. The van der Waals surface area contributed by atoms with E-state index < -0.39 is 5.25 Å². The summed E-state index contributed by atoms with van der Waals surface area (Å²) >= 11 is 1.39. The zero-order valence-corrected chi connectivity index (χ0v) is 14.7. The molecule has 0 aromatic carbocycles. The van der Waals surface area contributed by atoms with Crippen molar-refractivity contribution in [2.24, 2.45) is 0 Å². The Bertz CT molecular complexity index is 604. The van der Waals surface area contributed by atoms with E-state index >= 15 is 0 Å². The van der Waals surface area contributed by atoms with Crippen molar-refractivity contribution in [1.29, 1.82) is 0 Å². The summed E-state index contributed by atoms with van der Waals surface area (Å²) in [5.41, 5.74) is 0.852. The summed E-state index contributed by atoms with van der Waals surface area (Å²) in [6.07, 6.45) is 4.91. The summed E-state index contributed by atoms with van der Waals surface area (Å²) in [5, 5.41) is 3.30. The van der Waals surface area contributed by atoms with Gasteiger partial charge in [-0.25, -0.2) is 4.98 Å². The molecule has 1 saturated heterocycles. The van der Waals surface area contributed by atoms with Gasteiger partial charge in [-0.3, -0.25) is 9.59 Å². The Kier molecular flexibility index (Phi) is 5.73. The minimum Gasteiger partial charge on any atom is -0.376 e. The number of rotatable bonds is 6. The molecular weight excluding hydrogens is 326 g/mol. The number of anilines is 1. The largest absolute Gasteiger partial charge is 0.376 e. The summed E-state index contributed by atoms with van der Waals surface area (Å²) in [4.78, 5) is 31.1. The standard InChI is InChI=1S/C17H23N3O3S/c1-2-8-20-13-6-3-7-18-16(13)24-14(17(20)22)10-15(21)19-11-12-5-4-9-23-12/h3,6-7,12,14H,2,4-5,8-11H2,1H3,(H,19,21)/t12-,14-/m0/s1. The molecule has 1 aromatic heterocycles. The predicted octanol–water partition coefficient (Wildman–Crippen LogP) is 1.98. The topological polar surface area (TPSA) is 71.5 Å². The van der Waals surface area contributed by atoms with Crippen molar-refractivity contribution in [3.63, 3.8) is 0 Å². The SMILES string of the molecule is CCCN1C(=O)[C@H](CC(=O)NC[C@@H]2CCCO2)Sc2ncccc21. The lowest BCUT2D eigenvalue weighted by Gasteiger charge is -2.32. The summed E-state index contributed by atoms with van der Waals surface area (Å²) in [7, 11) is 0. The van der Waals surface area contributed by atoms with E-state index in [0.717, 1.165) is 36.6 Å². The van der Waals surface area contributed by atoms with Crippen molar-refractivity contribution < 1.29 is 14.3 Å². The molecule has 1 fully saturated rings. The monoisotopic (exact) mass is 349 g/mol. The molecule has 24 heavy (non-hydrogen) atoms. The van der Waals surface area contributed by atoms with Gasteiger partial charge in [0.25, 0.3) is 0 Å². The summed E-state index contributed by atoms with van der Waals surface area (Å²) in [6.45, 7) is 3.98. The number of nitrogens with one attached hydrogen (secondary N) is 1. The third-order valence-corrected chi connectivity index (χ3v) is 5.40. The normalized spacial score (nSPS) is 23.2. The molecule has 0 aliphatic carbocycles. The Balaban J connectivity index is 1.63. The average molecular weight is 349 g/mol. The fourth-order valence-electron chi connectivity index (χ4n) is 3.01. The van der Waals surface area contributed by atoms with Crippen molar-refractivity contribution in [3.05, 3.63) is 18.3 Å². The second-order valence-electron chi connectivity index (χ2n) is 6.07. The van der Waals surface area contributed by atoms with Crippen LogP contribution in [0.1, 0.15) is 32.6 Å². The lowest BCUT2D eigenvalue weighted by molar-refractivity contribution is -0.125. The van der Waals surface area contributed by atoms with Crippen LogP contribution in [0.5, 0.6) is 0 Å². The molecule has 6 nitrogen and oxygen atoms in total. The van der Waals surface area contributed by atoms with Gasteiger partial charge >= 0.3 is 0 Å². The molecule has 0 bridgehead atoms. The second-order valence-corrected chi connectivity index (χ2v) is 7.26. The third-order valence-electron chi connectivity index (χ3n) is 4.21. The van der Waals surface area contributed by atoms with Crippen molar-refractivity contribution >= 4 is 29.3 Å². The van der Waals surface area contributed by atoms with Crippen LogP contribution < -0.4 is 10.2 Å². The van der Waals surface area contributed by atoms with Gasteiger partial charge in [0.15, 0.2) is 0 Å². The van der Waals surface area contributed by atoms with Crippen LogP contribution in [0.25, 0.3) is 0 Å². The highest BCUT2D eigenvalue weighted by molar-refractivity contribution is 8.00. The van der Waals surface area contributed by atoms with Crippen LogP contribution in [0, 0.1) is 0 Å². The van der Waals surface area contributed by atoms with Crippen LogP contribution in [-0.4, -0.2) is 47.8 Å². The number of ether oxygens (including phenoxy) is 1. The molecule has 2 aliphatic rings. The van der Waals surface area contributed by atoms with E-state index in [1.165, 1.54) is 11.8 Å². The Morgan fingerprint density at radius 3 is 3.17 bits per heavy atom. The molecule has 0 saturated carbocycles. The molecule has 2 amide bonds. The van der Waals surface area contributed by atoms with Gasteiger partial charge in [0.1, 0.15) is 5.03 Å². The summed E-state index contributed by atoms with van der Waals surface area (Å²) < 4.78 is 5.50. The van der Waals surface area contributed by atoms with Crippen LogP contribution in [0.15, 0.2) is 23.4 Å². The molecule has 7 heteroatoms. The van der Waals surface area contributed by atoms with E-state index in [0.29, 0.717) is 13.1 Å². The minimum absolute atomic E-state index is 0.00498. The molecule has 3 heterocycles. The van der Waals surface area contributed by atoms with Gasteiger partial charge in [0.05, 0.1) is 17.0 Å². The van der Waals surface area contributed by atoms with E-state index in [-0.39, 0.29) is 24.3 Å². The van der Waals surface area contributed by atoms with Gasteiger partial charge in [0, 0.05) is 32.3 Å². The van der Waals surface area contributed by atoms with Gasteiger partial charge < -0.3 is 15.0 Å². The Morgan fingerprint density at radius 2 is 2.42 bits per heavy atom. The fourth-order valence-corrected chi connectivity index (χ4v) is 4.17. The zero-order valence-electron chi connectivity index (χ0n) is 13.9. The highest BCUT2D eigenvalue weighted by Gasteiger charge is 2.35. The molecule has 3 rings (SSSR count). The van der Waals surface area contributed by atoms with E-state index in [4.69, 9.17) is 4.74 Å². The molecule has 2 atom stereocenters. The van der Waals surface area contributed by atoms with Gasteiger partial charge in [-0.15, -0.1) is 0 Å². The molecule has 0 radical (unpaired) electrons. The molecule has 0 spiro atoms. The number of aromatic nitrogens is 1. The second kappa shape index (κ2) is 7.98. The quantitative estimate of drug-likeness (QED) is 0.850. The number of carbonyl (C=O) groups is 2. The Labute approximate surface area is 146 Å². The first-order valence-corrected chi connectivity index (χ1v) is 9.38. The number of thioether (sulfide) groups is 1. The van der Waals surface area contributed by atoms with E-state index in [1.54, 1.807) is 11.1 Å². The molecule has 1 N–H and O–H groups in total. The maximum Gasteiger partial charge on any atom is 0.241 e. The lowest BCUT2D eigenvalue weighted by Crippen LogP contribution is -2.44. The molecule has 1 aromatic rings. The maximum absolute atomic E-state index is 12.7. The van der Waals surface area contributed by atoms with Gasteiger partial charge in [-0.1, -0.05) is 18.7 Å². The van der Waals surface area contributed by atoms with Crippen molar-refractivity contribution in [2.75, 3.05) is 24.6 Å². The van der Waals surface area contributed by atoms with Crippen LogP contribution in [0.2, 0.25) is 0 Å². The molecule has 0 unspecified atom stereocenters. The van der Waals surface area contributed by atoms with Crippen LogP contribution in [0.4, 0.5) is 5.69 Å². The van der Waals surface area contributed by atoms with Crippen molar-refractivity contribution in [2.45, 2.75) is 49.0 Å². The highest BCUT2D eigenvalue weighted by Crippen LogP contribution is 2.38. The maximum atomic E-state index is 12.7. The van der Waals surface area contributed by atoms with Gasteiger partial charge in [-0.2, -0.15) is 0 Å². The average Bonchev–Trinajstić information content (AvgIpc) is 3.10. The molecular formula is C17H23N3O3S. The Morgan fingerprint density at radius 1 is 1.54 bits per heavy atom. The smallest absolute Gasteiger partial charge is 0.241 e. The third kappa shape index (κ3) is 3.89. The zero-order chi connectivity index (χ0) is 16.9. The number of carbonyl (C=O) groups excluding carboxylic acids is 2. The minimum atomic E-state index is -0.413. The number of hydrogen-bond donors (Lipinski definition) is 1. The number of nitrogens with zero attached hydrogens (tertiary/aromatic N) is 2. The van der Waals surface area contributed by atoms with Gasteiger partial charge in [-0.05, 0) is 31.4 Å². The summed E-state index contributed by atoms with van der Waals surface area (Å²) in [5.74, 6) is -0.109. The number of pyridine rings is 1. The van der Waals surface area contributed by atoms with Crippen LogP contribution >= 0.6 is 11.8 Å². The van der Waals surface area contributed by atoms with Crippen molar-refractivity contribution in [3.8, 4) is 0 Å².